The highest BCUT2D eigenvalue weighted by molar-refractivity contribution is 5.22. The van der Waals surface area contributed by atoms with Gasteiger partial charge < -0.3 is 14.0 Å². The molecule has 0 N–H and O–H groups in total. The predicted octanol–water partition coefficient (Wildman–Crippen LogP) is 3.35. The van der Waals surface area contributed by atoms with Crippen LogP contribution in [0.15, 0.2) is 43.0 Å². The Hall–Kier alpha value is -1.65. The average molecular weight is 300 g/mol. The molecule has 0 bridgehead atoms. The van der Waals surface area contributed by atoms with Crippen molar-refractivity contribution in [1.29, 1.82) is 0 Å². The number of nitrogens with zero attached hydrogens (tertiary/aromatic N) is 2. The van der Waals surface area contributed by atoms with Crippen LogP contribution in [0.4, 0.5) is 0 Å². The third kappa shape index (κ3) is 3.96. The lowest BCUT2D eigenvalue weighted by atomic mass is 9.98. The molecule has 4 nitrogen and oxygen atoms in total. The van der Waals surface area contributed by atoms with E-state index in [1.165, 1.54) is 11.1 Å². The van der Waals surface area contributed by atoms with E-state index in [0.29, 0.717) is 0 Å². The van der Waals surface area contributed by atoms with Gasteiger partial charge in [-0.15, -0.1) is 0 Å². The Balaban J connectivity index is 1.63. The molecule has 3 rings (SSSR count). The first-order valence-corrected chi connectivity index (χ1v) is 8.05. The van der Waals surface area contributed by atoms with Gasteiger partial charge in [-0.1, -0.05) is 29.8 Å². The van der Waals surface area contributed by atoms with Gasteiger partial charge in [0.15, 0.2) is 5.79 Å². The van der Waals surface area contributed by atoms with Crippen LogP contribution in [0.25, 0.3) is 0 Å². The molecular formula is C18H24N2O2. The summed E-state index contributed by atoms with van der Waals surface area (Å²) in [5.41, 5.74) is 2.55. The topological polar surface area (TPSA) is 36.3 Å². The highest BCUT2D eigenvalue weighted by Gasteiger charge is 2.34. The maximum Gasteiger partial charge on any atom is 0.172 e. The summed E-state index contributed by atoms with van der Waals surface area (Å²) in [6.07, 6.45) is 9.38. The molecule has 1 fully saturated rings. The summed E-state index contributed by atoms with van der Waals surface area (Å²) in [6, 6.07) is 8.65. The van der Waals surface area contributed by atoms with Crippen LogP contribution >= 0.6 is 0 Å². The first kappa shape index (κ1) is 15.3. The van der Waals surface area contributed by atoms with Crippen molar-refractivity contribution in [3.8, 4) is 0 Å². The summed E-state index contributed by atoms with van der Waals surface area (Å²) in [4.78, 5) is 4.08. The first-order valence-electron chi connectivity index (χ1n) is 8.05. The quantitative estimate of drug-likeness (QED) is 0.821. The van der Waals surface area contributed by atoms with Gasteiger partial charge in [-0.25, -0.2) is 4.98 Å². The van der Waals surface area contributed by atoms with Gasteiger partial charge >= 0.3 is 0 Å². The van der Waals surface area contributed by atoms with Gasteiger partial charge in [0.1, 0.15) is 0 Å². The summed E-state index contributed by atoms with van der Waals surface area (Å²) in [6.45, 7) is 4.63. The van der Waals surface area contributed by atoms with Crippen molar-refractivity contribution in [1.82, 2.24) is 9.55 Å². The molecule has 4 heteroatoms. The van der Waals surface area contributed by atoms with Gasteiger partial charge in [-0.2, -0.15) is 0 Å². The Kier molecular flexibility index (Phi) is 4.90. The molecule has 1 saturated heterocycles. The maximum atomic E-state index is 6.07. The van der Waals surface area contributed by atoms with Crippen molar-refractivity contribution < 1.29 is 9.47 Å². The second kappa shape index (κ2) is 7.07. The second-order valence-electron chi connectivity index (χ2n) is 6.03. The van der Waals surface area contributed by atoms with Crippen molar-refractivity contribution in [2.75, 3.05) is 13.2 Å². The highest BCUT2D eigenvalue weighted by atomic mass is 16.7. The van der Waals surface area contributed by atoms with E-state index >= 15 is 0 Å². The van der Waals surface area contributed by atoms with E-state index in [9.17, 15) is 0 Å². The average Bonchev–Trinajstić information content (AvgIpc) is 3.04. The van der Waals surface area contributed by atoms with E-state index in [2.05, 4.69) is 40.7 Å². The molecule has 0 spiro atoms. The fraction of sp³-hybridized carbons (Fsp3) is 0.500. The van der Waals surface area contributed by atoms with Gasteiger partial charge in [0.2, 0.25) is 0 Å². The SMILES string of the molecule is Cc1ccc(CC2(CCCn3ccnc3)OCCCO2)cc1. The minimum Gasteiger partial charge on any atom is -0.349 e. The molecule has 1 aliphatic heterocycles. The molecule has 1 aromatic carbocycles. The Morgan fingerprint density at radius 3 is 2.64 bits per heavy atom. The van der Waals surface area contributed by atoms with Crippen LogP contribution in [0.5, 0.6) is 0 Å². The summed E-state index contributed by atoms with van der Waals surface area (Å²) < 4.78 is 14.2. The Bertz CT molecular complexity index is 557. The number of rotatable bonds is 6. The molecular weight excluding hydrogens is 276 g/mol. The van der Waals surface area contributed by atoms with E-state index in [1.807, 2.05) is 18.7 Å². The van der Waals surface area contributed by atoms with Crippen molar-refractivity contribution in [3.63, 3.8) is 0 Å². The largest absolute Gasteiger partial charge is 0.349 e. The van der Waals surface area contributed by atoms with Crippen LogP contribution in [0.3, 0.4) is 0 Å². The van der Waals surface area contributed by atoms with Crippen LogP contribution < -0.4 is 0 Å². The molecule has 1 aliphatic rings. The van der Waals surface area contributed by atoms with E-state index in [1.54, 1.807) is 0 Å². The van der Waals surface area contributed by atoms with Gasteiger partial charge in [-0.3, -0.25) is 0 Å². The number of imidazole rings is 1. The molecule has 2 aromatic rings. The van der Waals surface area contributed by atoms with Crippen molar-refractivity contribution in [3.05, 3.63) is 54.1 Å². The van der Waals surface area contributed by atoms with Crippen molar-refractivity contribution in [2.24, 2.45) is 0 Å². The third-order valence-electron chi connectivity index (χ3n) is 4.15. The van der Waals surface area contributed by atoms with E-state index < -0.39 is 5.79 Å². The zero-order valence-electron chi connectivity index (χ0n) is 13.2. The summed E-state index contributed by atoms with van der Waals surface area (Å²) >= 11 is 0. The molecule has 0 radical (unpaired) electrons. The molecule has 0 amide bonds. The standard InChI is InChI=1S/C18H24N2O2/c1-16-4-6-17(7-5-16)14-18(21-12-3-13-22-18)8-2-10-20-11-9-19-15-20/h4-7,9,11,15H,2-3,8,10,12-14H2,1H3. The van der Waals surface area contributed by atoms with Crippen LogP contribution in [0.2, 0.25) is 0 Å². The van der Waals surface area contributed by atoms with E-state index in [0.717, 1.165) is 45.4 Å². The number of hydrogen-bond donors (Lipinski definition) is 0. The minimum absolute atomic E-state index is 0.464. The molecule has 118 valence electrons. The lowest BCUT2D eigenvalue weighted by Crippen LogP contribution is -2.42. The lowest BCUT2D eigenvalue weighted by molar-refractivity contribution is -0.270. The van der Waals surface area contributed by atoms with Gasteiger partial charge in [0, 0.05) is 31.8 Å². The molecule has 0 atom stereocenters. The number of ether oxygens (including phenoxy) is 2. The number of aromatic nitrogens is 2. The summed E-state index contributed by atoms with van der Waals surface area (Å²) in [5.74, 6) is -0.464. The molecule has 0 unspecified atom stereocenters. The first-order chi connectivity index (χ1) is 10.8. The predicted molar refractivity (Wildman–Crippen MR) is 85.6 cm³/mol. The van der Waals surface area contributed by atoms with Crippen LogP contribution in [-0.4, -0.2) is 28.6 Å². The zero-order valence-corrected chi connectivity index (χ0v) is 13.2. The number of aryl methyl sites for hydroxylation is 2. The minimum atomic E-state index is -0.464. The van der Waals surface area contributed by atoms with E-state index in [4.69, 9.17) is 9.47 Å². The molecule has 0 saturated carbocycles. The normalized spacial score (nSPS) is 17.5. The van der Waals surface area contributed by atoms with Crippen LogP contribution in [-0.2, 0) is 22.4 Å². The van der Waals surface area contributed by atoms with Crippen LogP contribution in [0.1, 0.15) is 30.4 Å². The zero-order chi connectivity index (χ0) is 15.3. The fourth-order valence-corrected chi connectivity index (χ4v) is 2.92. The maximum absolute atomic E-state index is 6.07. The Morgan fingerprint density at radius 2 is 1.95 bits per heavy atom. The monoisotopic (exact) mass is 300 g/mol. The van der Waals surface area contributed by atoms with Crippen LogP contribution in [0, 0.1) is 6.92 Å². The molecule has 2 heterocycles. The summed E-state index contributed by atoms with van der Waals surface area (Å²) in [5, 5.41) is 0. The third-order valence-corrected chi connectivity index (χ3v) is 4.15. The second-order valence-corrected chi connectivity index (χ2v) is 6.03. The summed E-state index contributed by atoms with van der Waals surface area (Å²) in [7, 11) is 0. The van der Waals surface area contributed by atoms with E-state index in [-0.39, 0.29) is 0 Å². The van der Waals surface area contributed by atoms with Crippen molar-refractivity contribution >= 4 is 0 Å². The number of hydrogen-bond acceptors (Lipinski definition) is 3. The molecule has 1 aromatic heterocycles. The molecule has 22 heavy (non-hydrogen) atoms. The lowest BCUT2D eigenvalue weighted by Gasteiger charge is -2.37. The van der Waals surface area contributed by atoms with Gasteiger partial charge in [0.25, 0.3) is 0 Å². The highest BCUT2D eigenvalue weighted by Crippen LogP contribution is 2.29. The molecule has 0 aliphatic carbocycles. The Labute approximate surface area is 132 Å². The Morgan fingerprint density at radius 1 is 1.18 bits per heavy atom. The number of benzene rings is 1. The van der Waals surface area contributed by atoms with Crippen molar-refractivity contribution in [2.45, 2.75) is 44.9 Å². The smallest absolute Gasteiger partial charge is 0.172 e. The van der Waals surface area contributed by atoms with Gasteiger partial charge in [0.05, 0.1) is 19.5 Å². The van der Waals surface area contributed by atoms with Gasteiger partial charge in [-0.05, 0) is 25.3 Å². The fourth-order valence-electron chi connectivity index (χ4n) is 2.92.